The van der Waals surface area contributed by atoms with Crippen molar-refractivity contribution in [2.75, 3.05) is 6.54 Å². The molecule has 0 fully saturated rings. The smallest absolute Gasteiger partial charge is 0.211 e. The third-order valence-electron chi connectivity index (χ3n) is 1.28. The van der Waals surface area contributed by atoms with Crippen molar-refractivity contribution in [1.29, 1.82) is 0 Å². The van der Waals surface area contributed by atoms with Gasteiger partial charge in [0.1, 0.15) is 0 Å². The summed E-state index contributed by atoms with van der Waals surface area (Å²) in [6, 6.07) is 0. The van der Waals surface area contributed by atoms with Crippen molar-refractivity contribution in [1.82, 2.24) is 4.72 Å². The van der Waals surface area contributed by atoms with Gasteiger partial charge in [0, 0.05) is 11.4 Å². The molecule has 11 heavy (non-hydrogen) atoms. The van der Waals surface area contributed by atoms with Crippen LogP contribution in [0.25, 0.3) is 0 Å². The molecule has 0 bridgehead atoms. The molecule has 3 nitrogen and oxygen atoms in total. The fourth-order valence-corrected chi connectivity index (χ4v) is 1.17. The molecule has 66 valence electrons. The summed E-state index contributed by atoms with van der Waals surface area (Å²) in [6.45, 7) is 7.35. The molecule has 0 rings (SSSR count). The molecule has 4 heteroatoms. The Kier molecular flexibility index (Phi) is 4.37. The molecule has 0 radical (unpaired) electrons. The molecular weight excluding hydrogens is 162 g/mol. The van der Waals surface area contributed by atoms with Gasteiger partial charge in [-0.15, -0.1) is 0 Å². The zero-order valence-corrected chi connectivity index (χ0v) is 7.87. The Morgan fingerprint density at radius 2 is 2.09 bits per heavy atom. The second-order valence-corrected chi connectivity index (χ2v) is 4.45. The third kappa shape index (κ3) is 4.16. The van der Waals surface area contributed by atoms with Gasteiger partial charge in [-0.3, -0.25) is 0 Å². The van der Waals surface area contributed by atoms with Gasteiger partial charge in [-0.05, 0) is 13.3 Å². The SMILES string of the molecule is C=C(C)S(=O)(=O)NCCCC. The molecule has 0 amide bonds. The summed E-state index contributed by atoms with van der Waals surface area (Å²) in [6.07, 6.45) is 1.85. The second kappa shape index (κ2) is 4.51. The molecule has 0 unspecified atom stereocenters. The van der Waals surface area contributed by atoms with E-state index in [0.29, 0.717) is 6.54 Å². The minimum Gasteiger partial charge on any atom is -0.211 e. The normalized spacial score (nSPS) is 11.5. The van der Waals surface area contributed by atoms with E-state index < -0.39 is 10.0 Å². The predicted molar refractivity (Wildman–Crippen MR) is 46.6 cm³/mol. The topological polar surface area (TPSA) is 46.2 Å². The van der Waals surface area contributed by atoms with Crippen molar-refractivity contribution in [3.05, 3.63) is 11.5 Å². The lowest BCUT2D eigenvalue weighted by Gasteiger charge is -2.03. The van der Waals surface area contributed by atoms with Crippen LogP contribution >= 0.6 is 0 Å². The third-order valence-corrected chi connectivity index (χ3v) is 2.78. The summed E-state index contributed by atoms with van der Waals surface area (Å²) < 4.78 is 24.4. The molecule has 0 spiro atoms. The Bertz CT molecular complexity index is 219. The first-order valence-corrected chi connectivity index (χ1v) is 5.14. The number of rotatable bonds is 5. The number of hydrogen-bond acceptors (Lipinski definition) is 2. The molecule has 0 aliphatic carbocycles. The molecule has 0 aliphatic heterocycles. The van der Waals surface area contributed by atoms with Crippen LogP contribution in [0.2, 0.25) is 0 Å². The van der Waals surface area contributed by atoms with Crippen LogP contribution in [0.1, 0.15) is 26.7 Å². The van der Waals surface area contributed by atoms with Gasteiger partial charge in [0.2, 0.25) is 10.0 Å². The number of hydrogen-bond donors (Lipinski definition) is 1. The summed E-state index contributed by atoms with van der Waals surface area (Å²) in [5.41, 5.74) is 0. The van der Waals surface area contributed by atoms with Crippen molar-refractivity contribution < 1.29 is 8.42 Å². The lowest BCUT2D eigenvalue weighted by atomic mass is 10.3. The van der Waals surface area contributed by atoms with E-state index in [9.17, 15) is 8.42 Å². The Labute approximate surface area is 68.5 Å². The molecule has 0 saturated heterocycles. The average Bonchev–Trinajstić information content (AvgIpc) is 1.88. The van der Waals surface area contributed by atoms with E-state index in [2.05, 4.69) is 11.3 Å². The molecule has 0 aromatic rings. The Balaban J connectivity index is 3.85. The monoisotopic (exact) mass is 177 g/mol. The maximum absolute atomic E-state index is 11.0. The number of nitrogens with one attached hydrogen (secondary N) is 1. The Morgan fingerprint density at radius 3 is 2.45 bits per heavy atom. The van der Waals surface area contributed by atoms with Crippen molar-refractivity contribution in [2.24, 2.45) is 0 Å². The Hall–Kier alpha value is -0.350. The molecule has 0 atom stereocenters. The maximum Gasteiger partial charge on any atom is 0.235 e. The van der Waals surface area contributed by atoms with E-state index in [1.165, 1.54) is 6.92 Å². The zero-order valence-electron chi connectivity index (χ0n) is 7.05. The minimum atomic E-state index is -3.21. The van der Waals surface area contributed by atoms with E-state index in [0.717, 1.165) is 12.8 Å². The number of allylic oxidation sites excluding steroid dienone is 1. The van der Waals surface area contributed by atoms with Gasteiger partial charge in [0.05, 0.1) is 0 Å². The highest BCUT2D eigenvalue weighted by atomic mass is 32.2. The summed E-state index contributed by atoms with van der Waals surface area (Å²) >= 11 is 0. The zero-order chi connectivity index (χ0) is 8.91. The van der Waals surface area contributed by atoms with Crippen LogP contribution in [0.15, 0.2) is 11.5 Å². The molecule has 0 aromatic carbocycles. The molecule has 0 saturated carbocycles. The fraction of sp³-hybridized carbons (Fsp3) is 0.714. The maximum atomic E-state index is 11.0. The van der Waals surface area contributed by atoms with Crippen LogP contribution in [0, 0.1) is 0 Å². The fourth-order valence-electron chi connectivity index (χ4n) is 0.507. The van der Waals surface area contributed by atoms with E-state index in [1.807, 2.05) is 6.92 Å². The van der Waals surface area contributed by atoms with Gasteiger partial charge in [-0.25, -0.2) is 13.1 Å². The minimum absolute atomic E-state index is 0.175. The van der Waals surface area contributed by atoms with Crippen LogP contribution in [0.5, 0.6) is 0 Å². The highest BCUT2D eigenvalue weighted by Gasteiger charge is 2.08. The number of unbranched alkanes of at least 4 members (excludes halogenated alkanes) is 1. The largest absolute Gasteiger partial charge is 0.235 e. The number of sulfonamides is 1. The summed E-state index contributed by atoms with van der Waals surface area (Å²) in [7, 11) is -3.21. The van der Waals surface area contributed by atoms with Crippen molar-refractivity contribution >= 4 is 10.0 Å². The van der Waals surface area contributed by atoms with Crippen LogP contribution in [-0.2, 0) is 10.0 Å². The first kappa shape index (κ1) is 10.7. The predicted octanol–water partition coefficient (Wildman–Crippen LogP) is 1.24. The quantitative estimate of drug-likeness (QED) is 0.642. The van der Waals surface area contributed by atoms with Gasteiger partial charge in [-0.1, -0.05) is 19.9 Å². The van der Waals surface area contributed by atoms with Gasteiger partial charge < -0.3 is 0 Å². The van der Waals surface area contributed by atoms with Gasteiger partial charge in [0.25, 0.3) is 0 Å². The first-order valence-electron chi connectivity index (χ1n) is 3.66. The lowest BCUT2D eigenvalue weighted by Crippen LogP contribution is -2.24. The molecular formula is C7H15NO2S. The van der Waals surface area contributed by atoms with Crippen molar-refractivity contribution in [3.63, 3.8) is 0 Å². The van der Waals surface area contributed by atoms with Crippen molar-refractivity contribution in [3.8, 4) is 0 Å². The van der Waals surface area contributed by atoms with E-state index >= 15 is 0 Å². The molecule has 1 N–H and O–H groups in total. The van der Waals surface area contributed by atoms with E-state index in [4.69, 9.17) is 0 Å². The molecule has 0 heterocycles. The summed E-state index contributed by atoms with van der Waals surface area (Å²) in [5, 5.41) is 0. The van der Waals surface area contributed by atoms with Crippen LogP contribution in [-0.4, -0.2) is 15.0 Å². The highest BCUT2D eigenvalue weighted by molar-refractivity contribution is 7.93. The first-order chi connectivity index (χ1) is 5.00. The summed E-state index contributed by atoms with van der Waals surface area (Å²) in [4.78, 5) is 0.175. The van der Waals surface area contributed by atoms with Gasteiger partial charge in [0.15, 0.2) is 0 Å². The summed E-state index contributed by atoms with van der Waals surface area (Å²) in [5.74, 6) is 0. The standard InChI is InChI=1S/C7H15NO2S/c1-4-5-6-8-11(9,10)7(2)3/h8H,2,4-6H2,1,3H3. The molecule has 0 aromatic heterocycles. The molecule has 0 aliphatic rings. The van der Waals surface area contributed by atoms with Gasteiger partial charge in [-0.2, -0.15) is 0 Å². The van der Waals surface area contributed by atoms with E-state index in [1.54, 1.807) is 0 Å². The van der Waals surface area contributed by atoms with Crippen LogP contribution < -0.4 is 4.72 Å². The Morgan fingerprint density at radius 1 is 1.55 bits per heavy atom. The van der Waals surface area contributed by atoms with Crippen LogP contribution in [0.4, 0.5) is 0 Å². The van der Waals surface area contributed by atoms with Crippen LogP contribution in [0.3, 0.4) is 0 Å². The second-order valence-electron chi connectivity index (χ2n) is 2.45. The van der Waals surface area contributed by atoms with E-state index in [-0.39, 0.29) is 4.91 Å². The van der Waals surface area contributed by atoms with Crippen molar-refractivity contribution in [2.45, 2.75) is 26.7 Å². The van der Waals surface area contributed by atoms with Gasteiger partial charge >= 0.3 is 0 Å². The highest BCUT2D eigenvalue weighted by Crippen LogP contribution is 1.98. The lowest BCUT2D eigenvalue weighted by molar-refractivity contribution is 0.585. The average molecular weight is 177 g/mol.